The number of amides is 1. The zero-order valence-corrected chi connectivity index (χ0v) is 13.0. The molecule has 2 rings (SSSR count). The molecule has 0 saturated heterocycles. The average Bonchev–Trinajstić information content (AvgIpc) is 2.94. The second-order valence-corrected chi connectivity index (χ2v) is 6.03. The van der Waals surface area contributed by atoms with E-state index in [9.17, 15) is 4.79 Å². The Morgan fingerprint density at radius 3 is 3.19 bits per heavy atom. The van der Waals surface area contributed by atoms with Crippen LogP contribution in [-0.2, 0) is 11.3 Å². The lowest BCUT2D eigenvalue weighted by Crippen LogP contribution is -2.34. The molecule has 0 spiro atoms. The smallest absolute Gasteiger partial charge is 0.408 e. The first-order valence-corrected chi connectivity index (χ1v) is 8.38. The van der Waals surface area contributed by atoms with Crippen LogP contribution in [0.1, 0.15) is 37.0 Å². The zero-order chi connectivity index (χ0) is 14.8. The Hall–Kier alpha value is -1.51. The van der Waals surface area contributed by atoms with Crippen molar-refractivity contribution in [2.45, 2.75) is 44.8 Å². The van der Waals surface area contributed by atoms with Gasteiger partial charge in [-0.3, -0.25) is 0 Å². The van der Waals surface area contributed by atoms with Crippen LogP contribution in [-0.4, -0.2) is 25.3 Å². The molecule has 0 radical (unpaired) electrons. The summed E-state index contributed by atoms with van der Waals surface area (Å²) in [5.74, 6) is 6.09. The topological polar surface area (TPSA) is 50.4 Å². The second-order valence-electron chi connectivity index (χ2n) is 5.00. The standard InChI is InChI=1S/C16H22N2O2S/c19-16(20-14-7-4-2-1-3-5-8-14)18-11-10-17-13-15-9-6-12-21-15/h6,9,12,14,17H,1-4,7,10-11,13H2,(H,18,19). The summed E-state index contributed by atoms with van der Waals surface area (Å²) in [6.07, 6.45) is 4.54. The van der Waals surface area contributed by atoms with Crippen molar-refractivity contribution in [3.05, 3.63) is 22.4 Å². The molecule has 2 N–H and O–H groups in total. The Labute approximate surface area is 130 Å². The van der Waals surface area contributed by atoms with Gasteiger partial charge in [0.25, 0.3) is 0 Å². The summed E-state index contributed by atoms with van der Waals surface area (Å²) in [5, 5.41) is 8.09. The summed E-state index contributed by atoms with van der Waals surface area (Å²) >= 11 is 1.72. The van der Waals surface area contributed by atoms with Crippen molar-refractivity contribution in [2.24, 2.45) is 0 Å². The number of hydrogen-bond donors (Lipinski definition) is 2. The maximum Gasteiger partial charge on any atom is 0.408 e. The highest BCUT2D eigenvalue weighted by molar-refractivity contribution is 7.09. The molecule has 1 atom stereocenters. The van der Waals surface area contributed by atoms with Crippen molar-refractivity contribution in [3.63, 3.8) is 0 Å². The van der Waals surface area contributed by atoms with Crippen molar-refractivity contribution in [3.8, 4) is 11.8 Å². The predicted octanol–water partition coefficient (Wildman–Crippen LogP) is 2.90. The minimum atomic E-state index is -0.368. The number of rotatable bonds is 6. The second kappa shape index (κ2) is 9.43. The van der Waals surface area contributed by atoms with Gasteiger partial charge in [-0.1, -0.05) is 24.3 Å². The molecule has 1 aliphatic rings. The molecule has 0 saturated carbocycles. The van der Waals surface area contributed by atoms with E-state index in [1.165, 1.54) is 11.3 Å². The first-order chi connectivity index (χ1) is 10.3. The Balaban J connectivity index is 1.56. The van der Waals surface area contributed by atoms with Gasteiger partial charge in [-0.2, -0.15) is 0 Å². The molecule has 5 heteroatoms. The molecule has 0 aromatic carbocycles. The molecule has 1 unspecified atom stereocenters. The summed E-state index contributed by atoms with van der Waals surface area (Å²) in [6, 6.07) is 4.12. The first kappa shape index (κ1) is 15.9. The summed E-state index contributed by atoms with van der Waals surface area (Å²) < 4.78 is 5.33. The molecule has 0 fully saturated rings. The highest BCUT2D eigenvalue weighted by Gasteiger charge is 2.12. The molecule has 21 heavy (non-hydrogen) atoms. The van der Waals surface area contributed by atoms with E-state index in [4.69, 9.17) is 4.74 Å². The number of thiophene rings is 1. The van der Waals surface area contributed by atoms with Crippen LogP contribution in [0.25, 0.3) is 0 Å². The van der Waals surface area contributed by atoms with E-state index in [-0.39, 0.29) is 12.2 Å². The number of carbonyl (C=O) groups excluding carboxylic acids is 1. The van der Waals surface area contributed by atoms with Crippen LogP contribution in [0.15, 0.2) is 17.5 Å². The van der Waals surface area contributed by atoms with Crippen molar-refractivity contribution in [2.75, 3.05) is 13.1 Å². The van der Waals surface area contributed by atoms with Crippen molar-refractivity contribution in [1.29, 1.82) is 0 Å². The van der Waals surface area contributed by atoms with Crippen LogP contribution in [0, 0.1) is 11.8 Å². The lowest BCUT2D eigenvalue weighted by molar-refractivity contribution is 0.118. The van der Waals surface area contributed by atoms with Crippen molar-refractivity contribution >= 4 is 17.4 Å². The van der Waals surface area contributed by atoms with E-state index >= 15 is 0 Å². The van der Waals surface area contributed by atoms with Gasteiger partial charge in [-0.15, -0.1) is 11.3 Å². The van der Waals surface area contributed by atoms with Gasteiger partial charge in [0.15, 0.2) is 6.10 Å². The lowest BCUT2D eigenvalue weighted by atomic mass is 10.1. The van der Waals surface area contributed by atoms with Gasteiger partial charge in [0.2, 0.25) is 0 Å². The molecule has 0 bridgehead atoms. The molecule has 1 aliphatic carbocycles. The van der Waals surface area contributed by atoms with Gasteiger partial charge >= 0.3 is 6.09 Å². The Kier molecular flexibility index (Phi) is 7.13. The Morgan fingerprint density at radius 1 is 1.38 bits per heavy atom. The summed E-state index contributed by atoms with van der Waals surface area (Å²) in [7, 11) is 0. The third-order valence-electron chi connectivity index (χ3n) is 3.23. The number of alkyl carbamates (subject to hydrolysis) is 1. The van der Waals surface area contributed by atoms with Crippen molar-refractivity contribution < 1.29 is 9.53 Å². The number of hydrogen-bond acceptors (Lipinski definition) is 4. The number of nitrogens with one attached hydrogen (secondary N) is 2. The first-order valence-electron chi connectivity index (χ1n) is 7.50. The molecular weight excluding hydrogens is 284 g/mol. The number of carbonyl (C=O) groups is 1. The minimum absolute atomic E-state index is 0.246. The SMILES string of the molecule is O=C(NCCNCc1cccs1)OC1C#CCCCCC1. The molecule has 1 aromatic rings. The van der Waals surface area contributed by atoms with Crippen LogP contribution in [0.2, 0.25) is 0 Å². The van der Waals surface area contributed by atoms with Gasteiger partial charge in [-0.25, -0.2) is 4.79 Å². The van der Waals surface area contributed by atoms with Crippen LogP contribution >= 0.6 is 11.3 Å². The summed E-state index contributed by atoms with van der Waals surface area (Å²) in [6.45, 7) is 2.12. The Morgan fingerprint density at radius 2 is 2.33 bits per heavy atom. The van der Waals surface area contributed by atoms with E-state index in [1.54, 1.807) is 11.3 Å². The van der Waals surface area contributed by atoms with E-state index in [2.05, 4.69) is 33.9 Å². The molecule has 1 amide bonds. The van der Waals surface area contributed by atoms with Crippen LogP contribution < -0.4 is 10.6 Å². The molecular formula is C16H22N2O2S. The van der Waals surface area contributed by atoms with Gasteiger partial charge in [0.05, 0.1) is 0 Å². The molecule has 4 nitrogen and oxygen atoms in total. The molecule has 1 heterocycles. The fraction of sp³-hybridized carbons (Fsp3) is 0.562. The Bertz CT molecular complexity index is 476. The van der Waals surface area contributed by atoms with Gasteiger partial charge < -0.3 is 15.4 Å². The van der Waals surface area contributed by atoms with Crippen LogP contribution in [0.5, 0.6) is 0 Å². The molecule has 0 aliphatic heterocycles. The van der Waals surface area contributed by atoms with E-state index < -0.39 is 0 Å². The maximum absolute atomic E-state index is 11.7. The lowest BCUT2D eigenvalue weighted by Gasteiger charge is -2.14. The third kappa shape index (κ3) is 6.65. The zero-order valence-electron chi connectivity index (χ0n) is 12.2. The molecule has 114 valence electrons. The number of ether oxygens (including phenoxy) is 1. The van der Waals surface area contributed by atoms with Crippen LogP contribution in [0.3, 0.4) is 0 Å². The van der Waals surface area contributed by atoms with E-state index in [0.29, 0.717) is 6.54 Å². The predicted molar refractivity (Wildman–Crippen MR) is 85.2 cm³/mol. The average molecular weight is 306 g/mol. The van der Waals surface area contributed by atoms with Gasteiger partial charge in [0.1, 0.15) is 0 Å². The quantitative estimate of drug-likeness (QED) is 0.627. The normalized spacial score (nSPS) is 18.0. The van der Waals surface area contributed by atoms with Gasteiger partial charge in [-0.05, 0) is 30.7 Å². The van der Waals surface area contributed by atoms with Crippen LogP contribution in [0.4, 0.5) is 4.79 Å². The fourth-order valence-electron chi connectivity index (χ4n) is 2.12. The minimum Gasteiger partial charge on any atom is -0.433 e. The van der Waals surface area contributed by atoms with E-state index in [0.717, 1.165) is 38.8 Å². The largest absolute Gasteiger partial charge is 0.433 e. The summed E-state index contributed by atoms with van der Waals surface area (Å²) in [4.78, 5) is 13.0. The fourth-order valence-corrected chi connectivity index (χ4v) is 2.79. The molecule has 1 aromatic heterocycles. The maximum atomic E-state index is 11.7. The highest BCUT2D eigenvalue weighted by Crippen LogP contribution is 2.10. The monoisotopic (exact) mass is 306 g/mol. The van der Waals surface area contributed by atoms with Crippen molar-refractivity contribution in [1.82, 2.24) is 10.6 Å². The summed E-state index contributed by atoms with van der Waals surface area (Å²) in [5.41, 5.74) is 0. The highest BCUT2D eigenvalue weighted by atomic mass is 32.1. The third-order valence-corrected chi connectivity index (χ3v) is 4.11. The van der Waals surface area contributed by atoms with Gasteiger partial charge in [0, 0.05) is 30.9 Å². The van der Waals surface area contributed by atoms with E-state index in [1.807, 2.05) is 6.07 Å².